The number of carbonyl (C=O) groups excluding carboxylic acids is 1. The molecule has 0 bridgehead atoms. The Labute approximate surface area is 107 Å². The zero-order chi connectivity index (χ0) is 11.5. The molecule has 0 radical (unpaired) electrons. The molecule has 16 heavy (non-hydrogen) atoms. The molecule has 1 amide bonds. The Morgan fingerprint density at radius 3 is 2.50 bits per heavy atom. The van der Waals surface area contributed by atoms with E-state index in [1.165, 1.54) is 32.1 Å². The third-order valence-electron chi connectivity index (χ3n) is 4.19. The second kappa shape index (κ2) is 5.52. The highest BCUT2D eigenvalue weighted by atomic mass is 79.9. The van der Waals surface area contributed by atoms with E-state index in [4.69, 9.17) is 0 Å². The summed E-state index contributed by atoms with van der Waals surface area (Å²) >= 11 is 3.47. The molecule has 1 heterocycles. The molecule has 0 aromatic rings. The lowest BCUT2D eigenvalue weighted by molar-refractivity contribution is -0.130. The van der Waals surface area contributed by atoms with Crippen LogP contribution in [-0.2, 0) is 4.79 Å². The molecule has 1 saturated heterocycles. The molecule has 3 heteroatoms. The molecule has 0 spiro atoms. The summed E-state index contributed by atoms with van der Waals surface area (Å²) in [6, 6.07) is 0.510. The van der Waals surface area contributed by atoms with Crippen LogP contribution in [-0.4, -0.2) is 28.2 Å². The lowest BCUT2D eigenvalue weighted by atomic mass is 9.82. The number of hydrogen-bond acceptors (Lipinski definition) is 1. The van der Waals surface area contributed by atoms with Gasteiger partial charge >= 0.3 is 0 Å². The molecule has 0 aromatic heterocycles. The van der Waals surface area contributed by atoms with Crippen LogP contribution >= 0.6 is 15.9 Å². The smallest absolute Gasteiger partial charge is 0.236 e. The van der Waals surface area contributed by atoms with Gasteiger partial charge < -0.3 is 4.90 Å². The topological polar surface area (TPSA) is 20.3 Å². The van der Waals surface area contributed by atoms with Gasteiger partial charge in [0.15, 0.2) is 0 Å². The summed E-state index contributed by atoms with van der Waals surface area (Å²) in [5.41, 5.74) is 0. The summed E-state index contributed by atoms with van der Waals surface area (Å²) < 4.78 is 0. The minimum Gasteiger partial charge on any atom is -0.338 e. The summed E-state index contributed by atoms with van der Waals surface area (Å²) in [5.74, 6) is 1.10. The molecule has 2 rings (SSSR count). The van der Waals surface area contributed by atoms with Gasteiger partial charge in [-0.2, -0.15) is 0 Å². The maximum absolute atomic E-state index is 12.0. The second-order valence-corrected chi connectivity index (χ2v) is 6.27. The predicted octanol–water partition coefficient (Wildman–Crippen LogP) is 3.34. The molecule has 2 fully saturated rings. The van der Waals surface area contributed by atoms with E-state index in [9.17, 15) is 4.79 Å². The van der Waals surface area contributed by atoms with Gasteiger partial charge in [-0.25, -0.2) is 0 Å². The quantitative estimate of drug-likeness (QED) is 0.729. The Kier molecular flexibility index (Phi) is 4.28. The fraction of sp³-hybridized carbons (Fsp3) is 0.923. The average Bonchev–Trinajstić information content (AvgIpc) is 2.64. The minimum absolute atomic E-state index is 0.0881. The van der Waals surface area contributed by atoms with Crippen molar-refractivity contribution in [3.63, 3.8) is 0 Å². The van der Waals surface area contributed by atoms with Gasteiger partial charge in [0.25, 0.3) is 0 Å². The molecule has 1 aliphatic carbocycles. The number of nitrogens with zero attached hydrogens (tertiary/aromatic N) is 1. The molecule has 2 unspecified atom stereocenters. The van der Waals surface area contributed by atoms with Gasteiger partial charge in [0.1, 0.15) is 0 Å². The highest BCUT2D eigenvalue weighted by Crippen LogP contribution is 2.33. The van der Waals surface area contributed by atoms with Gasteiger partial charge in [-0.05, 0) is 31.6 Å². The van der Waals surface area contributed by atoms with E-state index in [0.29, 0.717) is 11.9 Å². The fourth-order valence-corrected chi connectivity index (χ4v) is 3.79. The van der Waals surface area contributed by atoms with Crippen molar-refractivity contribution in [2.24, 2.45) is 5.92 Å². The zero-order valence-electron chi connectivity index (χ0n) is 10.1. The summed E-state index contributed by atoms with van der Waals surface area (Å²) in [6.45, 7) is 3.19. The van der Waals surface area contributed by atoms with Crippen LogP contribution in [0.1, 0.15) is 51.9 Å². The Balaban J connectivity index is 2.01. The SMILES string of the molecule is CCC(C1CCCCC1)N1CCC(Br)C1=O. The van der Waals surface area contributed by atoms with Crippen molar-refractivity contribution in [2.75, 3.05) is 6.54 Å². The largest absolute Gasteiger partial charge is 0.338 e. The van der Waals surface area contributed by atoms with Crippen molar-refractivity contribution in [3.8, 4) is 0 Å². The zero-order valence-corrected chi connectivity index (χ0v) is 11.7. The third-order valence-corrected chi connectivity index (χ3v) is 5.04. The average molecular weight is 288 g/mol. The highest BCUT2D eigenvalue weighted by Gasteiger charge is 2.37. The van der Waals surface area contributed by atoms with E-state index in [1.807, 2.05) is 0 Å². The fourth-order valence-electron chi connectivity index (χ4n) is 3.32. The predicted molar refractivity (Wildman–Crippen MR) is 69.7 cm³/mol. The summed E-state index contributed by atoms with van der Waals surface area (Å²) in [5, 5.41) is 0. The lowest BCUT2D eigenvalue weighted by Crippen LogP contribution is -2.42. The normalized spacial score (nSPS) is 29.8. The Hall–Kier alpha value is -0.0500. The second-order valence-electron chi connectivity index (χ2n) is 5.16. The molecule has 1 aliphatic heterocycles. The van der Waals surface area contributed by atoms with Crippen LogP contribution in [0.4, 0.5) is 0 Å². The van der Waals surface area contributed by atoms with E-state index in [2.05, 4.69) is 27.8 Å². The van der Waals surface area contributed by atoms with Crippen LogP contribution in [0.3, 0.4) is 0 Å². The molecule has 2 atom stereocenters. The summed E-state index contributed by atoms with van der Waals surface area (Å²) in [6.07, 6.45) is 8.88. The maximum atomic E-state index is 12.0. The van der Waals surface area contributed by atoms with Crippen LogP contribution in [0.2, 0.25) is 0 Å². The number of amides is 1. The standard InChI is InChI=1S/C13H22BrNO/c1-2-12(10-6-4-3-5-7-10)15-9-8-11(14)13(15)16/h10-12H,2-9H2,1H3. The Morgan fingerprint density at radius 1 is 1.31 bits per heavy atom. The van der Waals surface area contributed by atoms with Gasteiger partial charge in [0, 0.05) is 12.6 Å². The van der Waals surface area contributed by atoms with Crippen molar-refractivity contribution in [1.82, 2.24) is 4.90 Å². The Morgan fingerprint density at radius 2 is 2.00 bits per heavy atom. The molecule has 92 valence electrons. The minimum atomic E-state index is 0.0881. The van der Waals surface area contributed by atoms with E-state index < -0.39 is 0 Å². The first-order valence-corrected chi connectivity index (χ1v) is 7.60. The Bertz CT molecular complexity index is 250. The van der Waals surface area contributed by atoms with E-state index in [0.717, 1.165) is 25.3 Å². The van der Waals surface area contributed by atoms with Crippen LogP contribution in [0.5, 0.6) is 0 Å². The molecular formula is C13H22BrNO. The highest BCUT2D eigenvalue weighted by molar-refractivity contribution is 9.10. The van der Waals surface area contributed by atoms with Gasteiger partial charge in [-0.3, -0.25) is 4.79 Å². The van der Waals surface area contributed by atoms with Gasteiger partial charge in [0.2, 0.25) is 5.91 Å². The number of carbonyl (C=O) groups is 1. The van der Waals surface area contributed by atoms with Gasteiger partial charge in [0.05, 0.1) is 4.83 Å². The summed E-state index contributed by atoms with van der Waals surface area (Å²) in [7, 11) is 0. The van der Waals surface area contributed by atoms with Crippen molar-refractivity contribution in [3.05, 3.63) is 0 Å². The number of hydrogen-bond donors (Lipinski definition) is 0. The third kappa shape index (κ3) is 2.44. The molecular weight excluding hydrogens is 266 g/mol. The van der Waals surface area contributed by atoms with Crippen LogP contribution < -0.4 is 0 Å². The van der Waals surface area contributed by atoms with Gasteiger partial charge in [-0.1, -0.05) is 42.1 Å². The maximum Gasteiger partial charge on any atom is 0.236 e. The first-order chi connectivity index (χ1) is 7.74. The molecule has 0 aromatic carbocycles. The van der Waals surface area contributed by atoms with Crippen LogP contribution in [0, 0.1) is 5.92 Å². The first-order valence-electron chi connectivity index (χ1n) is 6.68. The molecule has 2 nitrogen and oxygen atoms in total. The van der Waals surface area contributed by atoms with Crippen molar-refractivity contribution >= 4 is 21.8 Å². The molecule has 0 N–H and O–H groups in total. The molecule has 2 aliphatic rings. The first kappa shape index (κ1) is 12.4. The van der Waals surface area contributed by atoms with Crippen LogP contribution in [0.25, 0.3) is 0 Å². The van der Waals surface area contributed by atoms with E-state index in [-0.39, 0.29) is 4.83 Å². The number of alkyl halides is 1. The molecule has 1 saturated carbocycles. The number of rotatable bonds is 3. The van der Waals surface area contributed by atoms with Crippen molar-refractivity contribution < 1.29 is 4.79 Å². The monoisotopic (exact) mass is 287 g/mol. The van der Waals surface area contributed by atoms with Crippen molar-refractivity contribution in [2.45, 2.75) is 62.7 Å². The lowest BCUT2D eigenvalue weighted by Gasteiger charge is -2.36. The van der Waals surface area contributed by atoms with Crippen LogP contribution in [0.15, 0.2) is 0 Å². The van der Waals surface area contributed by atoms with Crippen molar-refractivity contribution in [1.29, 1.82) is 0 Å². The summed E-state index contributed by atoms with van der Waals surface area (Å²) in [4.78, 5) is 14.3. The van der Waals surface area contributed by atoms with E-state index >= 15 is 0 Å². The van der Waals surface area contributed by atoms with E-state index in [1.54, 1.807) is 0 Å². The number of halogens is 1. The van der Waals surface area contributed by atoms with Gasteiger partial charge in [-0.15, -0.1) is 0 Å². The number of likely N-dealkylation sites (tertiary alicyclic amines) is 1.